The lowest BCUT2D eigenvalue weighted by atomic mass is 9.89. The molecule has 1 aromatic rings. The maximum absolute atomic E-state index is 13.8. The fourth-order valence-electron chi connectivity index (χ4n) is 2.54. The molecule has 0 aliphatic carbocycles. The van der Waals surface area contributed by atoms with Crippen LogP contribution in [0.4, 0.5) is 8.78 Å². The first kappa shape index (κ1) is 14.4. The molecule has 1 amide bonds. The van der Waals surface area contributed by atoms with Crippen molar-refractivity contribution in [3.63, 3.8) is 0 Å². The maximum atomic E-state index is 13.8. The van der Waals surface area contributed by atoms with Crippen molar-refractivity contribution in [1.29, 1.82) is 0 Å². The smallest absolute Gasteiger partial charge is 0.219 e. The van der Waals surface area contributed by atoms with Crippen molar-refractivity contribution in [3.05, 3.63) is 35.4 Å². The molecule has 0 spiro atoms. The van der Waals surface area contributed by atoms with Crippen LogP contribution in [0.25, 0.3) is 0 Å². The van der Waals surface area contributed by atoms with E-state index in [1.807, 2.05) is 0 Å². The van der Waals surface area contributed by atoms with E-state index in [2.05, 4.69) is 5.16 Å². The number of benzene rings is 1. The number of hydrogen-bond acceptors (Lipinski definition) is 3. The SMILES string of the molecule is CC(=O)N1CCCC(C(=NO)c2ccc(F)cc2F)C1. The van der Waals surface area contributed by atoms with E-state index >= 15 is 0 Å². The van der Waals surface area contributed by atoms with Gasteiger partial charge in [-0.15, -0.1) is 0 Å². The van der Waals surface area contributed by atoms with E-state index in [-0.39, 0.29) is 23.1 Å². The minimum Gasteiger partial charge on any atom is -0.411 e. The van der Waals surface area contributed by atoms with Gasteiger partial charge in [-0.1, -0.05) is 5.16 Å². The van der Waals surface area contributed by atoms with Crippen LogP contribution < -0.4 is 0 Å². The van der Waals surface area contributed by atoms with E-state index in [0.29, 0.717) is 19.5 Å². The molecule has 1 unspecified atom stereocenters. The Balaban J connectivity index is 2.26. The molecular formula is C14H16F2N2O2. The standard InChI is InChI=1S/C14H16F2N2O2/c1-9(19)18-6-2-3-10(8-18)14(17-20)12-5-4-11(15)7-13(12)16/h4-5,7,10,20H,2-3,6,8H2,1H3. The first-order chi connectivity index (χ1) is 9.52. The van der Waals surface area contributed by atoms with Gasteiger partial charge >= 0.3 is 0 Å². The van der Waals surface area contributed by atoms with E-state index in [4.69, 9.17) is 0 Å². The molecule has 20 heavy (non-hydrogen) atoms. The number of nitrogens with zero attached hydrogens (tertiary/aromatic N) is 2. The van der Waals surface area contributed by atoms with Gasteiger partial charge in [0.2, 0.25) is 5.91 Å². The summed E-state index contributed by atoms with van der Waals surface area (Å²) in [5.74, 6) is -1.76. The second kappa shape index (κ2) is 5.98. The highest BCUT2D eigenvalue weighted by atomic mass is 19.1. The van der Waals surface area contributed by atoms with Crippen LogP contribution in [0.15, 0.2) is 23.4 Å². The van der Waals surface area contributed by atoms with Gasteiger partial charge in [-0.25, -0.2) is 8.78 Å². The van der Waals surface area contributed by atoms with Crippen LogP contribution in [-0.4, -0.2) is 34.8 Å². The predicted molar refractivity (Wildman–Crippen MR) is 69.7 cm³/mol. The molecule has 0 bridgehead atoms. The summed E-state index contributed by atoms with van der Waals surface area (Å²) in [6.07, 6.45) is 1.45. The summed E-state index contributed by atoms with van der Waals surface area (Å²) in [6, 6.07) is 3.13. The Morgan fingerprint density at radius 1 is 1.45 bits per heavy atom. The third-order valence-electron chi connectivity index (χ3n) is 3.57. The largest absolute Gasteiger partial charge is 0.411 e. The van der Waals surface area contributed by atoms with Crippen LogP contribution in [-0.2, 0) is 4.79 Å². The number of amides is 1. The zero-order valence-electron chi connectivity index (χ0n) is 11.1. The number of likely N-dealkylation sites (tertiary alicyclic amines) is 1. The fourth-order valence-corrected chi connectivity index (χ4v) is 2.54. The molecule has 1 heterocycles. The number of hydrogen-bond donors (Lipinski definition) is 1. The van der Waals surface area contributed by atoms with E-state index in [1.165, 1.54) is 13.0 Å². The molecule has 4 nitrogen and oxygen atoms in total. The monoisotopic (exact) mass is 282 g/mol. The van der Waals surface area contributed by atoms with E-state index < -0.39 is 11.6 Å². The lowest BCUT2D eigenvalue weighted by Gasteiger charge is -2.32. The van der Waals surface area contributed by atoms with Crippen LogP contribution in [0.5, 0.6) is 0 Å². The van der Waals surface area contributed by atoms with Crippen molar-refractivity contribution in [3.8, 4) is 0 Å². The van der Waals surface area contributed by atoms with Gasteiger partial charge in [0.05, 0.1) is 5.71 Å². The molecular weight excluding hydrogens is 266 g/mol. The normalized spacial score (nSPS) is 20.1. The molecule has 1 fully saturated rings. The predicted octanol–water partition coefficient (Wildman–Crippen LogP) is 2.40. The lowest BCUT2D eigenvalue weighted by molar-refractivity contribution is -0.130. The molecule has 108 valence electrons. The Labute approximate surface area is 115 Å². The average Bonchev–Trinajstić information content (AvgIpc) is 2.42. The van der Waals surface area contributed by atoms with Gasteiger partial charge in [0.25, 0.3) is 0 Å². The van der Waals surface area contributed by atoms with Gasteiger partial charge in [-0.3, -0.25) is 4.79 Å². The van der Waals surface area contributed by atoms with Crippen LogP contribution >= 0.6 is 0 Å². The molecule has 0 radical (unpaired) electrons. The molecule has 1 aliphatic heterocycles. The number of rotatable bonds is 2. The van der Waals surface area contributed by atoms with Crippen LogP contribution in [0, 0.1) is 17.6 Å². The van der Waals surface area contributed by atoms with Crippen molar-refractivity contribution < 1.29 is 18.8 Å². The van der Waals surface area contributed by atoms with E-state index in [1.54, 1.807) is 4.90 Å². The minimum absolute atomic E-state index is 0.0634. The van der Waals surface area contributed by atoms with Crippen LogP contribution in [0.3, 0.4) is 0 Å². The molecule has 1 aliphatic rings. The van der Waals surface area contributed by atoms with Crippen LogP contribution in [0.2, 0.25) is 0 Å². The van der Waals surface area contributed by atoms with Gasteiger partial charge in [0, 0.05) is 37.6 Å². The zero-order valence-corrected chi connectivity index (χ0v) is 11.1. The first-order valence-corrected chi connectivity index (χ1v) is 6.45. The third-order valence-corrected chi connectivity index (χ3v) is 3.57. The highest BCUT2D eigenvalue weighted by Crippen LogP contribution is 2.23. The van der Waals surface area contributed by atoms with Gasteiger partial charge < -0.3 is 10.1 Å². The van der Waals surface area contributed by atoms with Crippen molar-refractivity contribution >= 4 is 11.6 Å². The van der Waals surface area contributed by atoms with Crippen molar-refractivity contribution in [2.75, 3.05) is 13.1 Å². The summed E-state index contributed by atoms with van der Waals surface area (Å²) in [5.41, 5.74) is 0.234. The minimum atomic E-state index is -0.766. The highest BCUT2D eigenvalue weighted by molar-refractivity contribution is 6.02. The number of piperidine rings is 1. The number of halogens is 2. The van der Waals surface area contributed by atoms with Gasteiger partial charge in [0.15, 0.2) is 0 Å². The molecule has 2 rings (SSSR count). The summed E-state index contributed by atoms with van der Waals surface area (Å²) >= 11 is 0. The van der Waals surface area contributed by atoms with Gasteiger partial charge in [-0.05, 0) is 25.0 Å². The van der Waals surface area contributed by atoms with Crippen LogP contribution in [0.1, 0.15) is 25.3 Å². The Morgan fingerprint density at radius 3 is 2.80 bits per heavy atom. The summed E-state index contributed by atoms with van der Waals surface area (Å²) in [5, 5.41) is 12.4. The second-order valence-electron chi connectivity index (χ2n) is 4.91. The third kappa shape index (κ3) is 2.95. The fraction of sp³-hybridized carbons (Fsp3) is 0.429. The molecule has 1 atom stereocenters. The van der Waals surface area contributed by atoms with Gasteiger partial charge in [0.1, 0.15) is 11.6 Å². The number of oxime groups is 1. The summed E-state index contributed by atoms with van der Waals surface area (Å²) in [6.45, 7) is 2.50. The number of carbonyl (C=O) groups is 1. The Morgan fingerprint density at radius 2 is 2.20 bits per heavy atom. The Kier molecular flexibility index (Phi) is 4.32. The highest BCUT2D eigenvalue weighted by Gasteiger charge is 2.28. The van der Waals surface area contributed by atoms with E-state index in [0.717, 1.165) is 18.6 Å². The summed E-state index contributed by atoms with van der Waals surface area (Å²) < 4.78 is 26.7. The molecule has 0 aromatic heterocycles. The lowest BCUT2D eigenvalue weighted by Crippen LogP contribution is -2.41. The average molecular weight is 282 g/mol. The van der Waals surface area contributed by atoms with Crippen molar-refractivity contribution in [1.82, 2.24) is 4.90 Å². The maximum Gasteiger partial charge on any atom is 0.219 e. The Bertz CT molecular complexity index is 546. The van der Waals surface area contributed by atoms with E-state index in [9.17, 15) is 18.8 Å². The zero-order chi connectivity index (χ0) is 14.7. The molecule has 1 saturated heterocycles. The topological polar surface area (TPSA) is 52.9 Å². The molecule has 1 aromatic carbocycles. The van der Waals surface area contributed by atoms with Crippen molar-refractivity contribution in [2.45, 2.75) is 19.8 Å². The first-order valence-electron chi connectivity index (χ1n) is 6.45. The second-order valence-corrected chi connectivity index (χ2v) is 4.91. The van der Waals surface area contributed by atoms with Crippen molar-refractivity contribution in [2.24, 2.45) is 11.1 Å². The molecule has 0 saturated carbocycles. The summed E-state index contributed by atoms with van der Waals surface area (Å²) in [7, 11) is 0. The molecule has 1 N–H and O–H groups in total. The number of carbonyl (C=O) groups excluding carboxylic acids is 1. The summed E-state index contributed by atoms with van der Waals surface area (Å²) in [4.78, 5) is 13.0. The quantitative estimate of drug-likeness (QED) is 0.514. The van der Waals surface area contributed by atoms with Gasteiger partial charge in [-0.2, -0.15) is 0 Å². The Hall–Kier alpha value is -1.98. The molecule has 6 heteroatoms.